The van der Waals surface area contributed by atoms with Crippen LogP contribution in [-0.4, -0.2) is 44.6 Å². The zero-order chi connectivity index (χ0) is 20.2. The molecule has 2 aromatic heterocycles. The number of aromatic amines is 1. The lowest BCUT2D eigenvalue weighted by atomic mass is 9.80. The maximum atomic E-state index is 13.9. The second kappa shape index (κ2) is 6.77. The summed E-state index contributed by atoms with van der Waals surface area (Å²) in [6.07, 6.45) is 3.30. The molecule has 1 fully saturated rings. The molecule has 0 unspecified atom stereocenters. The van der Waals surface area contributed by atoms with Crippen LogP contribution in [0.3, 0.4) is 0 Å². The average molecular weight is 418 g/mol. The van der Waals surface area contributed by atoms with Crippen molar-refractivity contribution in [2.24, 2.45) is 0 Å². The van der Waals surface area contributed by atoms with Gasteiger partial charge in [0.15, 0.2) is 5.13 Å². The molecular weight excluding hydrogens is 398 g/mol. The third-order valence-corrected chi connectivity index (χ3v) is 6.79. The first-order valence-electron chi connectivity index (χ1n) is 9.62. The monoisotopic (exact) mass is 418 g/mol. The Bertz CT molecular complexity index is 1110. The minimum Gasteiger partial charge on any atom is -0.388 e. The van der Waals surface area contributed by atoms with Crippen molar-refractivity contribution < 1.29 is 18.7 Å². The van der Waals surface area contributed by atoms with Crippen molar-refractivity contribution >= 4 is 33.3 Å². The molecular formula is C20H20F2N4O2S. The van der Waals surface area contributed by atoms with E-state index in [1.54, 1.807) is 4.90 Å². The normalized spacial score (nSPS) is 17.8. The second-order valence-electron chi connectivity index (χ2n) is 7.83. The van der Waals surface area contributed by atoms with Crippen molar-refractivity contribution in [2.75, 3.05) is 18.4 Å². The van der Waals surface area contributed by atoms with Crippen LogP contribution in [0.25, 0.3) is 10.9 Å². The Morgan fingerprint density at radius 1 is 1.34 bits per heavy atom. The number of carbonyl (C=O) groups excluding carboxylic acids is 1. The highest BCUT2D eigenvalue weighted by Gasteiger charge is 2.34. The van der Waals surface area contributed by atoms with E-state index in [1.165, 1.54) is 23.5 Å². The molecule has 1 aliphatic carbocycles. The van der Waals surface area contributed by atoms with Gasteiger partial charge in [-0.15, -0.1) is 0 Å². The topological polar surface area (TPSA) is 81.2 Å². The van der Waals surface area contributed by atoms with Crippen LogP contribution in [0.1, 0.15) is 40.3 Å². The van der Waals surface area contributed by atoms with Gasteiger partial charge in [-0.25, -0.2) is 13.8 Å². The van der Waals surface area contributed by atoms with Crippen molar-refractivity contribution in [2.45, 2.75) is 37.8 Å². The number of amides is 1. The van der Waals surface area contributed by atoms with Crippen molar-refractivity contribution in [3.63, 3.8) is 0 Å². The van der Waals surface area contributed by atoms with Crippen molar-refractivity contribution in [3.05, 3.63) is 46.1 Å². The number of H-pyrrole nitrogens is 1. The summed E-state index contributed by atoms with van der Waals surface area (Å²) in [4.78, 5) is 23.0. The third-order valence-electron chi connectivity index (χ3n) is 5.75. The van der Waals surface area contributed by atoms with Gasteiger partial charge in [-0.3, -0.25) is 4.79 Å². The van der Waals surface area contributed by atoms with Gasteiger partial charge in [0.05, 0.1) is 23.4 Å². The maximum absolute atomic E-state index is 13.9. The van der Waals surface area contributed by atoms with Gasteiger partial charge in [-0.2, -0.15) is 0 Å². The number of thiazole rings is 1. The van der Waals surface area contributed by atoms with E-state index >= 15 is 0 Å². The predicted molar refractivity (Wildman–Crippen MR) is 106 cm³/mol. The highest BCUT2D eigenvalue weighted by Crippen LogP contribution is 2.34. The number of benzene rings is 1. The summed E-state index contributed by atoms with van der Waals surface area (Å²) in [5, 5.41) is 14.4. The van der Waals surface area contributed by atoms with Crippen LogP contribution in [-0.2, 0) is 13.0 Å². The molecule has 1 aliphatic heterocycles. The van der Waals surface area contributed by atoms with Gasteiger partial charge < -0.3 is 20.3 Å². The van der Waals surface area contributed by atoms with Gasteiger partial charge in [0, 0.05) is 35.8 Å². The molecule has 3 heterocycles. The Kier molecular flexibility index (Phi) is 4.32. The summed E-state index contributed by atoms with van der Waals surface area (Å²) in [5.74, 6) is -1.63. The fraction of sp³-hybridized carbons (Fsp3) is 0.400. The summed E-state index contributed by atoms with van der Waals surface area (Å²) in [5.41, 5.74) is 0.843. The Morgan fingerprint density at radius 2 is 2.17 bits per heavy atom. The van der Waals surface area contributed by atoms with E-state index in [9.17, 15) is 18.7 Å². The molecule has 0 spiro atoms. The molecule has 6 nitrogen and oxygen atoms in total. The van der Waals surface area contributed by atoms with E-state index in [0.717, 1.165) is 41.0 Å². The molecule has 9 heteroatoms. The summed E-state index contributed by atoms with van der Waals surface area (Å²) >= 11 is 1.49. The first kappa shape index (κ1) is 18.5. The fourth-order valence-corrected chi connectivity index (χ4v) is 4.91. The van der Waals surface area contributed by atoms with Gasteiger partial charge in [0.2, 0.25) is 0 Å². The van der Waals surface area contributed by atoms with E-state index in [-0.39, 0.29) is 22.5 Å². The number of rotatable bonds is 4. The predicted octanol–water partition coefficient (Wildman–Crippen LogP) is 3.43. The van der Waals surface area contributed by atoms with Crippen LogP contribution in [0.15, 0.2) is 18.2 Å². The fourth-order valence-electron chi connectivity index (χ4n) is 3.89. The molecule has 3 N–H and O–H groups in total. The van der Waals surface area contributed by atoms with E-state index in [0.29, 0.717) is 26.1 Å². The average Bonchev–Trinajstić information content (AvgIpc) is 3.27. The van der Waals surface area contributed by atoms with Gasteiger partial charge in [0.1, 0.15) is 17.3 Å². The number of nitrogens with one attached hydrogen (secondary N) is 2. The summed E-state index contributed by atoms with van der Waals surface area (Å²) < 4.78 is 27.3. The summed E-state index contributed by atoms with van der Waals surface area (Å²) in [6.45, 7) is 1.41. The molecule has 3 aromatic rings. The number of nitrogens with zero attached hydrogens (tertiary/aromatic N) is 2. The summed E-state index contributed by atoms with van der Waals surface area (Å²) in [6, 6.07) is 3.42. The van der Waals surface area contributed by atoms with Gasteiger partial charge in [0.25, 0.3) is 5.91 Å². The number of anilines is 1. The molecule has 1 aromatic carbocycles. The van der Waals surface area contributed by atoms with Crippen molar-refractivity contribution in [3.8, 4) is 0 Å². The number of aliphatic hydroxyl groups is 1. The van der Waals surface area contributed by atoms with E-state index in [2.05, 4.69) is 15.3 Å². The minimum atomic E-state index is -0.692. The van der Waals surface area contributed by atoms with Crippen LogP contribution < -0.4 is 5.32 Å². The third kappa shape index (κ3) is 3.38. The molecule has 0 atom stereocenters. The molecule has 1 saturated carbocycles. The SMILES string of the molecule is O=C(c1cc2c(F)cc(F)cc2[nH]1)N1CCc2nc(NCC3(O)CCC3)sc2C1. The standard InChI is InChI=1S/C20H20F2N4O2S/c21-11-6-13(22)12-8-16(24-15(12)7-11)18(27)26-5-2-14-17(9-26)29-19(25-14)23-10-20(28)3-1-4-20/h6-8,24,28H,1-5,9-10H2,(H,23,25). The summed E-state index contributed by atoms with van der Waals surface area (Å²) in [7, 11) is 0. The zero-order valence-electron chi connectivity index (χ0n) is 15.6. The first-order valence-corrected chi connectivity index (χ1v) is 10.4. The van der Waals surface area contributed by atoms with E-state index in [1.807, 2.05) is 0 Å². The molecule has 29 heavy (non-hydrogen) atoms. The van der Waals surface area contributed by atoms with Crippen molar-refractivity contribution in [1.29, 1.82) is 0 Å². The number of hydrogen-bond acceptors (Lipinski definition) is 5. The number of aromatic nitrogens is 2. The van der Waals surface area contributed by atoms with Gasteiger partial charge in [-0.1, -0.05) is 11.3 Å². The Balaban J connectivity index is 1.31. The molecule has 5 rings (SSSR count). The van der Waals surface area contributed by atoms with Crippen LogP contribution in [0, 0.1) is 11.6 Å². The lowest BCUT2D eigenvalue weighted by molar-refractivity contribution is -0.0202. The molecule has 0 bridgehead atoms. The Hall–Kier alpha value is -2.52. The number of fused-ring (bicyclic) bond motifs is 2. The maximum Gasteiger partial charge on any atom is 0.270 e. The van der Waals surface area contributed by atoms with Gasteiger partial charge >= 0.3 is 0 Å². The largest absolute Gasteiger partial charge is 0.388 e. The lowest BCUT2D eigenvalue weighted by Crippen LogP contribution is -2.43. The molecule has 0 saturated heterocycles. The van der Waals surface area contributed by atoms with Crippen LogP contribution in [0.4, 0.5) is 13.9 Å². The number of carbonyl (C=O) groups is 1. The highest BCUT2D eigenvalue weighted by atomic mass is 32.1. The first-order chi connectivity index (χ1) is 13.9. The number of hydrogen-bond donors (Lipinski definition) is 3. The van der Waals surface area contributed by atoms with E-state index in [4.69, 9.17) is 0 Å². The molecule has 2 aliphatic rings. The van der Waals surface area contributed by atoms with Crippen LogP contribution in [0.2, 0.25) is 0 Å². The lowest BCUT2D eigenvalue weighted by Gasteiger charge is -2.36. The number of halogens is 2. The quantitative estimate of drug-likeness (QED) is 0.606. The smallest absolute Gasteiger partial charge is 0.270 e. The second-order valence-corrected chi connectivity index (χ2v) is 8.91. The minimum absolute atomic E-state index is 0.200. The Morgan fingerprint density at radius 3 is 2.93 bits per heavy atom. The zero-order valence-corrected chi connectivity index (χ0v) is 16.4. The molecule has 152 valence electrons. The van der Waals surface area contributed by atoms with Crippen LogP contribution in [0.5, 0.6) is 0 Å². The van der Waals surface area contributed by atoms with Gasteiger partial charge in [-0.05, 0) is 31.4 Å². The molecule has 1 amide bonds. The van der Waals surface area contributed by atoms with E-state index < -0.39 is 17.2 Å². The molecule has 0 radical (unpaired) electrons. The van der Waals surface area contributed by atoms with Crippen LogP contribution >= 0.6 is 11.3 Å². The highest BCUT2D eigenvalue weighted by molar-refractivity contribution is 7.15. The van der Waals surface area contributed by atoms with Crippen molar-refractivity contribution in [1.82, 2.24) is 14.9 Å². The Labute approximate surface area is 169 Å².